The van der Waals surface area contributed by atoms with Gasteiger partial charge in [-0.25, -0.2) is 8.42 Å². The second-order valence-electron chi connectivity index (χ2n) is 15.3. The van der Waals surface area contributed by atoms with Crippen molar-refractivity contribution in [2.75, 3.05) is 13.2 Å². The van der Waals surface area contributed by atoms with Crippen molar-refractivity contribution in [3.05, 3.63) is 34.9 Å². The summed E-state index contributed by atoms with van der Waals surface area (Å²) >= 11 is 0. The molecule has 0 amide bonds. The normalized spacial score (nSPS) is 38.7. The number of aryl methyl sites for hydroxylation is 2. The van der Waals surface area contributed by atoms with E-state index in [9.17, 15) is 8.42 Å². The van der Waals surface area contributed by atoms with Crippen LogP contribution in [0.2, 0.25) is 0 Å². The highest BCUT2D eigenvalue weighted by atomic mass is 32.2. The predicted octanol–water partition coefficient (Wildman–Crippen LogP) is 5.34. The minimum absolute atomic E-state index is 0.00225. The molecule has 4 bridgehead atoms. The number of fused-ring (bicyclic) bond motifs is 4. The Morgan fingerprint density at radius 1 is 0.976 bits per heavy atom. The first kappa shape index (κ1) is 30.0. The van der Waals surface area contributed by atoms with Crippen LogP contribution in [0.1, 0.15) is 108 Å². The van der Waals surface area contributed by atoms with Gasteiger partial charge in [-0.1, -0.05) is 45.4 Å². The monoisotopic (exact) mass is 586 g/mol. The molecule has 7 nitrogen and oxygen atoms in total. The van der Waals surface area contributed by atoms with Crippen molar-refractivity contribution in [1.82, 2.24) is 20.3 Å². The highest BCUT2D eigenvalue weighted by Crippen LogP contribution is 2.50. The van der Waals surface area contributed by atoms with Gasteiger partial charge in [0.25, 0.3) is 0 Å². The zero-order valence-electron chi connectivity index (χ0n) is 26.0. The van der Waals surface area contributed by atoms with Crippen molar-refractivity contribution in [2.45, 2.75) is 135 Å². The Kier molecular flexibility index (Phi) is 8.65. The van der Waals surface area contributed by atoms with Gasteiger partial charge in [0.2, 0.25) is 10.0 Å². The molecule has 7 unspecified atom stereocenters. The molecule has 8 atom stereocenters. The maximum atomic E-state index is 13.8. The van der Waals surface area contributed by atoms with Crippen LogP contribution >= 0.6 is 0 Å². The molecule has 2 saturated heterocycles. The predicted molar refractivity (Wildman–Crippen MR) is 165 cm³/mol. The first-order valence-corrected chi connectivity index (χ1v) is 18.0. The standard InChI is InChI=1S/C33H54N4O3S/c1-21-8-6-9-22(2)31(21)28-17-30-35-32(34-28)36-41(38,39)26-11-7-10-23(16-26)19-37(25(20-40-30)18-33(3,4)5)29-15-14-27(29)24-12-13-24/h6,8-9,23-30,32,34-36H,7,10-20H2,1-5H3/t23?,25-,26?,27?,28?,29?,30?,32?/m1/s1. The van der Waals surface area contributed by atoms with E-state index >= 15 is 0 Å². The van der Waals surface area contributed by atoms with Crippen LogP contribution in [0.3, 0.4) is 0 Å². The van der Waals surface area contributed by atoms with Crippen LogP contribution in [0.4, 0.5) is 0 Å². The van der Waals surface area contributed by atoms with Crippen LogP contribution in [0.15, 0.2) is 18.2 Å². The smallest absolute Gasteiger partial charge is 0.216 e. The Balaban J connectivity index is 1.33. The SMILES string of the molecule is Cc1cccc(C)c1C1CC2NC(N1)NS(=O)(=O)C1CCCC(C1)CN(C1CCC1C1CC1)[C@H](CC(C)(C)C)CO2. The lowest BCUT2D eigenvalue weighted by Gasteiger charge is -2.51. The van der Waals surface area contributed by atoms with Gasteiger partial charge < -0.3 is 4.74 Å². The van der Waals surface area contributed by atoms with E-state index < -0.39 is 16.3 Å². The van der Waals surface area contributed by atoms with E-state index in [1.54, 1.807) is 0 Å². The second-order valence-corrected chi connectivity index (χ2v) is 17.3. The van der Waals surface area contributed by atoms with Crippen LogP contribution in [0.25, 0.3) is 0 Å². The molecule has 0 radical (unpaired) electrons. The van der Waals surface area contributed by atoms with Crippen LogP contribution in [0, 0.1) is 37.0 Å². The van der Waals surface area contributed by atoms with E-state index in [-0.39, 0.29) is 22.9 Å². The Morgan fingerprint density at radius 3 is 2.39 bits per heavy atom. The lowest BCUT2D eigenvalue weighted by molar-refractivity contribution is -0.0770. The summed E-state index contributed by atoms with van der Waals surface area (Å²) in [6.07, 6.45) is 10.1. The fourth-order valence-electron chi connectivity index (χ4n) is 8.55. The molecule has 2 heterocycles. The quantitative estimate of drug-likeness (QED) is 0.442. The third kappa shape index (κ3) is 6.88. The highest BCUT2D eigenvalue weighted by molar-refractivity contribution is 7.90. The van der Waals surface area contributed by atoms with E-state index in [4.69, 9.17) is 4.74 Å². The number of hydrogen-bond acceptors (Lipinski definition) is 6. The molecule has 1 aromatic rings. The maximum absolute atomic E-state index is 13.8. The fourth-order valence-corrected chi connectivity index (χ4v) is 10.2. The van der Waals surface area contributed by atoms with E-state index in [0.29, 0.717) is 24.6 Å². The van der Waals surface area contributed by atoms with Crippen LogP contribution < -0.4 is 15.4 Å². The van der Waals surface area contributed by atoms with Crippen molar-refractivity contribution in [3.63, 3.8) is 0 Å². The summed E-state index contributed by atoms with van der Waals surface area (Å²) in [5, 5.41) is 6.78. The molecule has 230 valence electrons. The van der Waals surface area contributed by atoms with Crippen LogP contribution in [-0.4, -0.2) is 56.3 Å². The van der Waals surface area contributed by atoms with Gasteiger partial charge in [0.15, 0.2) is 0 Å². The first-order valence-electron chi connectivity index (χ1n) is 16.4. The summed E-state index contributed by atoms with van der Waals surface area (Å²) in [7, 11) is -3.51. The summed E-state index contributed by atoms with van der Waals surface area (Å²) in [6, 6.07) is 7.35. The second kappa shape index (κ2) is 11.8. The van der Waals surface area contributed by atoms with Crippen molar-refractivity contribution >= 4 is 10.0 Å². The van der Waals surface area contributed by atoms with Gasteiger partial charge in [-0.15, -0.1) is 0 Å². The third-order valence-electron chi connectivity index (χ3n) is 10.7. The first-order chi connectivity index (χ1) is 19.5. The van der Waals surface area contributed by atoms with Gasteiger partial charge in [-0.2, -0.15) is 4.72 Å². The highest BCUT2D eigenvalue weighted by Gasteiger charge is 2.48. The van der Waals surface area contributed by atoms with Crippen LogP contribution in [-0.2, 0) is 14.8 Å². The Labute approximate surface area is 249 Å². The molecule has 2 aliphatic heterocycles. The molecule has 1 aromatic carbocycles. The number of sulfonamides is 1. The summed E-state index contributed by atoms with van der Waals surface area (Å²) in [5.41, 5.74) is 3.89. The van der Waals surface area contributed by atoms with E-state index in [0.717, 1.165) is 56.9 Å². The number of nitrogens with one attached hydrogen (secondary N) is 3. The average molecular weight is 587 g/mol. The van der Waals surface area contributed by atoms with Gasteiger partial charge >= 0.3 is 0 Å². The largest absolute Gasteiger partial charge is 0.362 e. The van der Waals surface area contributed by atoms with Crippen molar-refractivity contribution in [1.29, 1.82) is 0 Å². The Bertz CT molecular complexity index is 1160. The number of ether oxygens (including phenoxy) is 1. The molecule has 0 aromatic heterocycles. The Morgan fingerprint density at radius 2 is 1.73 bits per heavy atom. The van der Waals surface area contributed by atoms with E-state index in [1.165, 1.54) is 42.4 Å². The lowest BCUT2D eigenvalue weighted by atomic mass is 9.73. The minimum Gasteiger partial charge on any atom is -0.362 e. The average Bonchev–Trinajstić information content (AvgIpc) is 3.69. The van der Waals surface area contributed by atoms with E-state index in [2.05, 4.69) is 73.1 Å². The van der Waals surface area contributed by atoms with E-state index in [1.807, 2.05) is 0 Å². The van der Waals surface area contributed by atoms with Crippen molar-refractivity contribution in [3.8, 4) is 0 Å². The molecule has 3 N–H and O–H groups in total. The number of hydrogen-bond donors (Lipinski definition) is 3. The number of rotatable bonds is 4. The number of nitrogens with zero attached hydrogens (tertiary/aromatic N) is 1. The molecular weight excluding hydrogens is 532 g/mol. The summed E-state index contributed by atoms with van der Waals surface area (Å²) in [5.74, 6) is 2.13. The molecular formula is C33H54N4O3S. The molecule has 5 aliphatic rings. The summed E-state index contributed by atoms with van der Waals surface area (Å²) < 4.78 is 37.5. The molecule has 3 aliphatic carbocycles. The molecule has 3 saturated carbocycles. The Hall–Kier alpha value is -1.03. The third-order valence-corrected chi connectivity index (χ3v) is 12.6. The van der Waals surface area contributed by atoms with Crippen molar-refractivity contribution in [2.24, 2.45) is 23.2 Å². The van der Waals surface area contributed by atoms with Gasteiger partial charge in [0.1, 0.15) is 12.5 Å². The number of benzene rings is 1. The van der Waals surface area contributed by atoms with Gasteiger partial charge in [-0.3, -0.25) is 15.5 Å². The summed E-state index contributed by atoms with van der Waals surface area (Å²) in [4.78, 5) is 2.84. The molecule has 8 heteroatoms. The lowest BCUT2D eigenvalue weighted by Crippen LogP contribution is -2.64. The zero-order valence-corrected chi connectivity index (χ0v) is 26.8. The maximum Gasteiger partial charge on any atom is 0.216 e. The molecule has 5 fully saturated rings. The fraction of sp³-hybridized carbons (Fsp3) is 0.818. The minimum atomic E-state index is -3.51. The zero-order chi connectivity index (χ0) is 28.9. The van der Waals surface area contributed by atoms with Gasteiger partial charge in [0.05, 0.1) is 11.9 Å². The molecule has 0 spiro atoms. The van der Waals surface area contributed by atoms with Crippen molar-refractivity contribution < 1.29 is 13.2 Å². The van der Waals surface area contributed by atoms with Gasteiger partial charge in [0, 0.05) is 31.1 Å². The summed E-state index contributed by atoms with van der Waals surface area (Å²) in [6.45, 7) is 13.1. The van der Waals surface area contributed by atoms with Gasteiger partial charge in [-0.05, 0) is 105 Å². The molecule has 41 heavy (non-hydrogen) atoms. The molecule has 6 rings (SSSR count). The van der Waals surface area contributed by atoms with Crippen LogP contribution in [0.5, 0.6) is 0 Å². The topological polar surface area (TPSA) is 82.7 Å².